The van der Waals surface area contributed by atoms with Crippen molar-refractivity contribution in [3.05, 3.63) is 75.8 Å². The summed E-state index contributed by atoms with van der Waals surface area (Å²) in [5.41, 5.74) is 1.61. The second kappa shape index (κ2) is 8.13. The van der Waals surface area contributed by atoms with Gasteiger partial charge in [0.05, 0.1) is 18.1 Å². The van der Waals surface area contributed by atoms with Gasteiger partial charge >= 0.3 is 0 Å². The number of fused-ring (bicyclic) bond motifs is 1. The van der Waals surface area contributed by atoms with Gasteiger partial charge in [-0.3, -0.25) is 9.59 Å². The molecule has 1 heterocycles. The van der Waals surface area contributed by atoms with Gasteiger partial charge in [0.15, 0.2) is 0 Å². The fourth-order valence-corrected chi connectivity index (χ4v) is 5.21. The zero-order valence-corrected chi connectivity index (χ0v) is 18.1. The molecule has 3 aliphatic carbocycles. The van der Waals surface area contributed by atoms with Gasteiger partial charge in [-0.2, -0.15) is 10.1 Å². The van der Waals surface area contributed by atoms with Gasteiger partial charge < -0.3 is 4.74 Å². The number of nitrogens with zero attached hydrogens (tertiary/aromatic N) is 2. The van der Waals surface area contributed by atoms with Crippen LogP contribution in [0.2, 0.25) is 10.0 Å². The Morgan fingerprint density at radius 2 is 1.61 bits per heavy atom. The van der Waals surface area contributed by atoms with Gasteiger partial charge in [-0.25, -0.2) is 0 Å². The van der Waals surface area contributed by atoms with Crippen molar-refractivity contribution in [3.63, 3.8) is 0 Å². The molecule has 0 spiro atoms. The van der Waals surface area contributed by atoms with Crippen LogP contribution in [0.3, 0.4) is 0 Å². The number of carbonyl (C=O) groups is 2. The van der Waals surface area contributed by atoms with E-state index in [4.69, 9.17) is 27.9 Å². The molecule has 2 fully saturated rings. The average Bonchev–Trinajstić information content (AvgIpc) is 3.05. The lowest BCUT2D eigenvalue weighted by Crippen LogP contribution is -2.38. The van der Waals surface area contributed by atoms with Crippen molar-refractivity contribution in [1.29, 1.82) is 0 Å². The number of hydrazone groups is 1. The molecule has 1 saturated heterocycles. The minimum Gasteiger partial charge on any atom is -0.489 e. The molecular formula is C24H20Cl2N2O3. The average molecular weight is 455 g/mol. The first-order valence-corrected chi connectivity index (χ1v) is 11.0. The summed E-state index contributed by atoms with van der Waals surface area (Å²) in [5.74, 6) is 0.155. The Labute approximate surface area is 190 Å². The predicted octanol–water partition coefficient (Wildman–Crippen LogP) is 5.10. The van der Waals surface area contributed by atoms with Crippen molar-refractivity contribution in [1.82, 2.24) is 5.01 Å². The van der Waals surface area contributed by atoms with E-state index >= 15 is 0 Å². The van der Waals surface area contributed by atoms with Gasteiger partial charge in [0.1, 0.15) is 12.4 Å². The molecule has 0 radical (unpaired) electrons. The monoisotopic (exact) mass is 454 g/mol. The van der Waals surface area contributed by atoms with E-state index in [1.807, 2.05) is 30.3 Å². The van der Waals surface area contributed by atoms with Crippen molar-refractivity contribution in [2.24, 2.45) is 28.8 Å². The van der Waals surface area contributed by atoms with Gasteiger partial charge in [0.25, 0.3) is 11.8 Å². The third kappa shape index (κ3) is 3.77. The SMILES string of the molecule is O=C1[C@@H]2[C@H](C(=O)N1/N=C\c1ccc(OCc3ccc(Cl)cc3Cl)cc1)[C@H]1C=C[C@H]2CC1. The lowest BCUT2D eigenvalue weighted by molar-refractivity contribution is -0.140. The van der Waals surface area contributed by atoms with E-state index < -0.39 is 0 Å². The molecule has 0 aromatic heterocycles. The number of carbonyl (C=O) groups excluding carboxylic acids is 2. The van der Waals surface area contributed by atoms with E-state index in [-0.39, 0.29) is 35.5 Å². The molecule has 0 N–H and O–H groups in total. The third-order valence-corrected chi connectivity index (χ3v) is 6.93. The molecule has 158 valence electrons. The quantitative estimate of drug-likeness (QED) is 0.358. The molecule has 4 aliphatic rings. The van der Waals surface area contributed by atoms with Gasteiger partial charge in [-0.05, 0) is 66.6 Å². The van der Waals surface area contributed by atoms with Crippen molar-refractivity contribution in [3.8, 4) is 5.75 Å². The number of hydrogen-bond donors (Lipinski definition) is 0. The predicted molar refractivity (Wildman–Crippen MR) is 119 cm³/mol. The molecule has 2 bridgehead atoms. The van der Waals surface area contributed by atoms with Crippen LogP contribution in [0.1, 0.15) is 24.0 Å². The smallest absolute Gasteiger partial charge is 0.254 e. The van der Waals surface area contributed by atoms with Gasteiger partial charge in [0.2, 0.25) is 0 Å². The lowest BCUT2D eigenvalue weighted by Gasteiger charge is -2.37. The molecule has 4 atom stereocenters. The van der Waals surface area contributed by atoms with Crippen LogP contribution in [0, 0.1) is 23.7 Å². The zero-order valence-electron chi connectivity index (χ0n) is 16.6. The maximum Gasteiger partial charge on any atom is 0.254 e. The highest BCUT2D eigenvalue weighted by Gasteiger charge is 2.56. The van der Waals surface area contributed by atoms with E-state index in [1.54, 1.807) is 18.3 Å². The highest BCUT2D eigenvalue weighted by Crippen LogP contribution is 2.49. The first-order chi connectivity index (χ1) is 15.0. The summed E-state index contributed by atoms with van der Waals surface area (Å²) in [6.45, 7) is 0.319. The first-order valence-electron chi connectivity index (χ1n) is 10.3. The number of halogens is 2. The number of imide groups is 1. The van der Waals surface area contributed by atoms with Crippen LogP contribution in [0.5, 0.6) is 5.75 Å². The third-order valence-electron chi connectivity index (χ3n) is 6.35. The lowest BCUT2D eigenvalue weighted by atomic mass is 9.63. The Balaban J connectivity index is 1.24. The maximum atomic E-state index is 12.8. The Bertz CT molecular complexity index is 1060. The van der Waals surface area contributed by atoms with Crippen LogP contribution in [0.4, 0.5) is 0 Å². The minimum atomic E-state index is -0.246. The van der Waals surface area contributed by atoms with Crippen LogP contribution in [-0.2, 0) is 16.2 Å². The maximum absolute atomic E-state index is 12.8. The van der Waals surface area contributed by atoms with E-state index in [0.29, 0.717) is 22.4 Å². The Kier molecular flexibility index (Phi) is 5.32. The Morgan fingerprint density at radius 3 is 2.19 bits per heavy atom. The molecule has 5 nitrogen and oxygen atoms in total. The number of amides is 2. The molecule has 1 saturated carbocycles. The summed E-state index contributed by atoms with van der Waals surface area (Å²) in [4.78, 5) is 25.6. The highest BCUT2D eigenvalue weighted by atomic mass is 35.5. The topological polar surface area (TPSA) is 59.0 Å². The largest absolute Gasteiger partial charge is 0.489 e. The van der Waals surface area contributed by atoms with Crippen molar-refractivity contribution in [2.75, 3.05) is 0 Å². The summed E-state index contributed by atoms with van der Waals surface area (Å²) < 4.78 is 5.78. The number of hydrogen-bond acceptors (Lipinski definition) is 4. The van der Waals surface area contributed by atoms with E-state index in [0.717, 1.165) is 29.0 Å². The molecule has 7 heteroatoms. The van der Waals surface area contributed by atoms with E-state index in [1.165, 1.54) is 0 Å². The molecule has 2 aromatic rings. The number of benzene rings is 2. The van der Waals surface area contributed by atoms with Gasteiger partial charge in [-0.1, -0.05) is 41.4 Å². The minimum absolute atomic E-state index is 0.164. The fraction of sp³-hybridized carbons (Fsp3) is 0.292. The number of ether oxygens (including phenoxy) is 1. The highest BCUT2D eigenvalue weighted by molar-refractivity contribution is 6.35. The second-order valence-corrected chi connectivity index (χ2v) is 9.01. The van der Waals surface area contributed by atoms with Crippen LogP contribution in [0.25, 0.3) is 0 Å². The summed E-state index contributed by atoms with van der Waals surface area (Å²) in [6, 6.07) is 12.5. The van der Waals surface area contributed by atoms with Crippen LogP contribution < -0.4 is 4.74 Å². The van der Waals surface area contributed by atoms with Crippen molar-refractivity contribution in [2.45, 2.75) is 19.4 Å². The molecule has 6 rings (SSSR count). The number of rotatable bonds is 5. The van der Waals surface area contributed by atoms with Gasteiger partial charge in [0, 0.05) is 15.6 Å². The van der Waals surface area contributed by atoms with Crippen LogP contribution in [0.15, 0.2) is 59.7 Å². The molecule has 2 aromatic carbocycles. The normalized spacial score (nSPS) is 26.7. The first kappa shape index (κ1) is 20.3. The van der Waals surface area contributed by atoms with Crippen molar-refractivity contribution < 1.29 is 14.3 Å². The standard InChI is InChI=1S/C24H20Cl2N2O3/c25-18-8-7-17(20(26)11-18)13-31-19-9-1-14(2-10-19)12-27-28-23(29)21-15-3-4-16(6-5-15)22(21)24(28)30/h1-4,7-12,15-16,21-22H,5-6,13H2/b27-12-/t15-,16-,21-,22+/m0/s1. The zero-order chi connectivity index (χ0) is 21.5. The van der Waals surface area contributed by atoms with Crippen LogP contribution in [-0.4, -0.2) is 23.0 Å². The molecule has 1 aliphatic heterocycles. The molecule has 0 unspecified atom stereocenters. The summed E-state index contributed by atoms with van der Waals surface area (Å²) in [5, 5.41) is 6.44. The van der Waals surface area contributed by atoms with Gasteiger partial charge in [-0.15, -0.1) is 0 Å². The Hall–Kier alpha value is -2.63. The summed E-state index contributed by atoms with van der Waals surface area (Å²) >= 11 is 12.1. The van der Waals surface area contributed by atoms with Crippen LogP contribution >= 0.6 is 23.2 Å². The molecular weight excluding hydrogens is 435 g/mol. The fourth-order valence-electron chi connectivity index (χ4n) is 4.75. The second-order valence-electron chi connectivity index (χ2n) is 8.17. The summed E-state index contributed by atoms with van der Waals surface area (Å²) in [6.07, 6.45) is 7.69. The van der Waals surface area contributed by atoms with Crippen molar-refractivity contribution >= 4 is 41.2 Å². The summed E-state index contributed by atoms with van der Waals surface area (Å²) in [7, 11) is 0. The molecule has 2 amide bonds. The van der Waals surface area contributed by atoms with E-state index in [2.05, 4.69) is 17.3 Å². The number of allylic oxidation sites excluding steroid dienone is 2. The van der Waals surface area contributed by atoms with E-state index in [9.17, 15) is 9.59 Å². The molecule has 31 heavy (non-hydrogen) atoms. The Morgan fingerprint density at radius 1 is 0.968 bits per heavy atom.